The smallest absolute Gasteiger partial charge is 0.124 e. The number of hydrogen-bond donors (Lipinski definition) is 0. The highest BCUT2D eigenvalue weighted by Crippen LogP contribution is 2.56. The van der Waals surface area contributed by atoms with Crippen molar-refractivity contribution in [1.29, 1.82) is 0 Å². The molecule has 0 aliphatic rings. The van der Waals surface area contributed by atoms with Crippen molar-refractivity contribution in [3.05, 3.63) is 43.0 Å². The topological polar surface area (TPSA) is 17.1 Å². The van der Waals surface area contributed by atoms with E-state index in [9.17, 15) is 4.57 Å². The molecule has 1 aromatic rings. The van der Waals surface area contributed by atoms with E-state index in [0.717, 1.165) is 5.30 Å². The normalized spacial score (nSPS) is 15.7. The Labute approximate surface area is 92.6 Å². The molecule has 0 aliphatic heterocycles. The fourth-order valence-electron chi connectivity index (χ4n) is 1.62. The van der Waals surface area contributed by atoms with Crippen LogP contribution in [-0.4, -0.2) is 11.3 Å². The predicted octanol–water partition coefficient (Wildman–Crippen LogP) is 3.66. The lowest BCUT2D eigenvalue weighted by Gasteiger charge is -2.30. The number of hydrogen-bond acceptors (Lipinski definition) is 1. The second kappa shape index (κ2) is 4.37. The molecular weight excluding hydrogens is 203 g/mol. The maximum Gasteiger partial charge on any atom is 0.124 e. The molecule has 0 unspecified atom stereocenters. The Morgan fingerprint density at radius 3 is 2.20 bits per heavy atom. The molecule has 0 aliphatic carbocycles. The van der Waals surface area contributed by atoms with E-state index in [4.69, 9.17) is 0 Å². The van der Waals surface area contributed by atoms with Crippen molar-refractivity contribution < 1.29 is 4.57 Å². The molecule has 0 fully saturated rings. The van der Waals surface area contributed by atoms with Gasteiger partial charge in [-0.3, -0.25) is 0 Å². The zero-order valence-electron chi connectivity index (χ0n) is 9.73. The molecule has 82 valence electrons. The lowest BCUT2D eigenvalue weighted by atomic mass is 10.3. The predicted molar refractivity (Wildman–Crippen MR) is 68.5 cm³/mol. The van der Waals surface area contributed by atoms with E-state index in [1.54, 1.807) is 6.08 Å². The van der Waals surface area contributed by atoms with Gasteiger partial charge < -0.3 is 4.57 Å². The molecule has 0 saturated heterocycles. The van der Waals surface area contributed by atoms with Crippen LogP contribution in [0.15, 0.2) is 43.0 Å². The van der Waals surface area contributed by atoms with Crippen molar-refractivity contribution in [3.8, 4) is 0 Å². The van der Waals surface area contributed by atoms with E-state index in [-0.39, 0.29) is 5.16 Å². The first kappa shape index (κ1) is 12.3. The maximum atomic E-state index is 13.0. The number of allylic oxidation sites excluding steroid dienone is 1. The van der Waals surface area contributed by atoms with Crippen LogP contribution < -0.4 is 5.30 Å². The molecule has 0 bridgehead atoms. The summed E-state index contributed by atoms with van der Waals surface area (Å²) in [4.78, 5) is 0. The first-order chi connectivity index (χ1) is 6.92. The zero-order valence-corrected chi connectivity index (χ0v) is 10.6. The van der Waals surface area contributed by atoms with Crippen LogP contribution in [-0.2, 0) is 4.57 Å². The third kappa shape index (κ3) is 2.41. The molecule has 1 nitrogen and oxygen atoms in total. The third-order valence-corrected chi connectivity index (χ3v) is 6.72. The molecule has 0 radical (unpaired) electrons. The highest BCUT2D eigenvalue weighted by molar-refractivity contribution is 7.73. The van der Waals surface area contributed by atoms with E-state index in [1.807, 2.05) is 51.1 Å². The Balaban J connectivity index is 3.26. The second-order valence-corrected chi connectivity index (χ2v) is 8.42. The van der Waals surface area contributed by atoms with Gasteiger partial charge in [0, 0.05) is 16.6 Å². The molecule has 15 heavy (non-hydrogen) atoms. The van der Waals surface area contributed by atoms with Crippen LogP contribution in [0.3, 0.4) is 0 Å². The van der Waals surface area contributed by atoms with Crippen LogP contribution in [0.25, 0.3) is 0 Å². The first-order valence-electron chi connectivity index (χ1n) is 5.17. The summed E-state index contributed by atoms with van der Waals surface area (Å²) in [7, 11) is -2.37. The summed E-state index contributed by atoms with van der Waals surface area (Å²) < 4.78 is 13.0. The molecule has 1 atom stereocenters. The molecule has 0 saturated carbocycles. The molecule has 1 rings (SSSR count). The second-order valence-electron chi connectivity index (χ2n) is 4.72. The Kier molecular flexibility index (Phi) is 3.57. The molecule has 0 N–H and O–H groups in total. The van der Waals surface area contributed by atoms with Crippen LogP contribution in [0.5, 0.6) is 0 Å². The van der Waals surface area contributed by atoms with Gasteiger partial charge in [0.25, 0.3) is 0 Å². The van der Waals surface area contributed by atoms with Crippen molar-refractivity contribution in [1.82, 2.24) is 0 Å². The number of benzene rings is 1. The summed E-state index contributed by atoms with van der Waals surface area (Å²) >= 11 is 0. The molecule has 0 heterocycles. The van der Waals surface area contributed by atoms with Gasteiger partial charge in [-0.15, -0.1) is 6.58 Å². The fourth-order valence-corrected chi connectivity index (χ4v) is 4.17. The largest absolute Gasteiger partial charge is 0.318 e. The van der Waals surface area contributed by atoms with Gasteiger partial charge in [-0.2, -0.15) is 0 Å². The Hall–Kier alpha value is -0.810. The van der Waals surface area contributed by atoms with Gasteiger partial charge in [0.05, 0.1) is 0 Å². The molecule has 0 spiro atoms. The van der Waals surface area contributed by atoms with Gasteiger partial charge in [0.1, 0.15) is 7.14 Å². The van der Waals surface area contributed by atoms with Crippen LogP contribution in [0, 0.1) is 0 Å². The lowest BCUT2D eigenvalue weighted by molar-refractivity contribution is 0.558. The molecular formula is C13H19OP. The SMILES string of the molecule is C=CC[P@](=O)(c1ccccc1)C(C)(C)C. The summed E-state index contributed by atoms with van der Waals surface area (Å²) in [5.74, 6) is 0. The standard InChI is InChI=1S/C13H19OP/c1-5-11-15(14,13(2,3)4)12-9-7-6-8-10-12/h5-10H,1,11H2,2-4H3/t15-/m0/s1. The van der Waals surface area contributed by atoms with Crippen molar-refractivity contribution in [2.75, 3.05) is 6.16 Å². The highest BCUT2D eigenvalue weighted by Gasteiger charge is 2.36. The van der Waals surface area contributed by atoms with Crippen LogP contribution in [0.4, 0.5) is 0 Å². The van der Waals surface area contributed by atoms with Gasteiger partial charge in [0.2, 0.25) is 0 Å². The molecule has 0 aromatic heterocycles. The van der Waals surface area contributed by atoms with Gasteiger partial charge in [-0.25, -0.2) is 0 Å². The van der Waals surface area contributed by atoms with E-state index in [2.05, 4.69) is 6.58 Å². The minimum atomic E-state index is -2.37. The molecule has 0 amide bonds. The zero-order chi connectivity index (χ0) is 11.5. The third-order valence-electron chi connectivity index (χ3n) is 2.64. The summed E-state index contributed by atoms with van der Waals surface area (Å²) in [6.45, 7) is 9.81. The van der Waals surface area contributed by atoms with Gasteiger partial charge in [-0.05, 0) is 0 Å². The van der Waals surface area contributed by atoms with Crippen molar-refractivity contribution in [2.24, 2.45) is 0 Å². The summed E-state index contributed by atoms with van der Waals surface area (Å²) in [6, 6.07) is 9.74. The minimum Gasteiger partial charge on any atom is -0.318 e. The molecule has 2 heteroatoms. The average Bonchev–Trinajstić information content (AvgIpc) is 2.18. The van der Waals surface area contributed by atoms with Crippen molar-refractivity contribution >= 4 is 12.4 Å². The first-order valence-corrected chi connectivity index (χ1v) is 7.07. The Bertz CT molecular complexity index is 373. The van der Waals surface area contributed by atoms with E-state index in [0.29, 0.717) is 6.16 Å². The summed E-state index contributed by atoms with van der Waals surface area (Å²) in [6.07, 6.45) is 2.33. The van der Waals surface area contributed by atoms with Crippen LogP contribution in [0.1, 0.15) is 20.8 Å². The highest BCUT2D eigenvalue weighted by atomic mass is 31.2. The van der Waals surface area contributed by atoms with Crippen LogP contribution >= 0.6 is 7.14 Å². The average molecular weight is 222 g/mol. The lowest BCUT2D eigenvalue weighted by Crippen LogP contribution is -2.24. The van der Waals surface area contributed by atoms with Crippen molar-refractivity contribution in [3.63, 3.8) is 0 Å². The van der Waals surface area contributed by atoms with E-state index in [1.165, 1.54) is 0 Å². The van der Waals surface area contributed by atoms with Gasteiger partial charge >= 0.3 is 0 Å². The minimum absolute atomic E-state index is 0.206. The molecule has 1 aromatic carbocycles. The quantitative estimate of drug-likeness (QED) is 0.563. The number of rotatable bonds is 3. The summed E-state index contributed by atoms with van der Waals surface area (Å²) in [5, 5.41) is 0.750. The van der Waals surface area contributed by atoms with Crippen molar-refractivity contribution in [2.45, 2.75) is 25.9 Å². The summed E-state index contributed by atoms with van der Waals surface area (Å²) in [5.41, 5.74) is 0. The fraction of sp³-hybridized carbons (Fsp3) is 0.385. The Morgan fingerprint density at radius 1 is 1.27 bits per heavy atom. The van der Waals surface area contributed by atoms with E-state index >= 15 is 0 Å². The van der Waals surface area contributed by atoms with Gasteiger partial charge in [-0.1, -0.05) is 57.2 Å². The monoisotopic (exact) mass is 222 g/mol. The van der Waals surface area contributed by atoms with E-state index < -0.39 is 7.14 Å². The Morgan fingerprint density at radius 2 is 1.80 bits per heavy atom. The maximum absolute atomic E-state index is 13.0. The van der Waals surface area contributed by atoms with Crippen LogP contribution in [0.2, 0.25) is 0 Å². The van der Waals surface area contributed by atoms with Gasteiger partial charge in [0.15, 0.2) is 0 Å².